The summed E-state index contributed by atoms with van der Waals surface area (Å²) in [6.45, 7) is 5.13. The molecule has 0 bridgehead atoms. The summed E-state index contributed by atoms with van der Waals surface area (Å²) < 4.78 is 5.07. The van der Waals surface area contributed by atoms with Crippen LogP contribution < -0.4 is 5.56 Å². The molecule has 0 aliphatic heterocycles. The summed E-state index contributed by atoms with van der Waals surface area (Å²) in [6, 6.07) is 9.09. The number of hydrogen-bond acceptors (Lipinski definition) is 5. The third kappa shape index (κ3) is 4.91. The second kappa shape index (κ2) is 8.95. The average molecular weight is 366 g/mol. The predicted molar refractivity (Wildman–Crippen MR) is 101 cm³/mol. The lowest BCUT2D eigenvalue weighted by molar-refractivity contribution is -0.142. The van der Waals surface area contributed by atoms with Crippen LogP contribution in [0.1, 0.15) is 51.7 Å². The summed E-state index contributed by atoms with van der Waals surface area (Å²) in [5.74, 6) is -0.758. The largest absolute Gasteiger partial charge is 0.457 e. The Morgan fingerprint density at radius 1 is 1.19 bits per heavy atom. The van der Waals surface area contributed by atoms with E-state index in [1.165, 1.54) is 0 Å². The molecule has 6 nitrogen and oxygen atoms in total. The third-order valence-electron chi connectivity index (χ3n) is 4.55. The molecule has 0 radical (unpaired) electrons. The molecular formula is C21H22N2O4. The molecule has 0 aliphatic rings. The highest BCUT2D eigenvalue weighted by Crippen LogP contribution is 2.15. The lowest BCUT2D eigenvalue weighted by atomic mass is 9.99. The minimum Gasteiger partial charge on any atom is -0.457 e. The molecule has 6 heteroatoms. The number of Topliss-reactive ketones (excluding diaryl/α,β-unsaturated/α-hetero) is 1. The van der Waals surface area contributed by atoms with Gasteiger partial charge in [0, 0.05) is 17.7 Å². The molecule has 0 atom stereocenters. The number of aryl methyl sites for hydroxylation is 2. The normalized spacial score (nSPS) is 10.3. The van der Waals surface area contributed by atoms with Crippen LogP contribution in [0.5, 0.6) is 0 Å². The fourth-order valence-corrected chi connectivity index (χ4v) is 2.88. The number of aromatic amines is 1. The van der Waals surface area contributed by atoms with E-state index in [4.69, 9.17) is 10.00 Å². The molecule has 0 amide bonds. The number of nitriles is 1. The Labute approximate surface area is 157 Å². The third-order valence-corrected chi connectivity index (χ3v) is 4.55. The summed E-state index contributed by atoms with van der Waals surface area (Å²) >= 11 is 0. The summed E-state index contributed by atoms with van der Waals surface area (Å²) in [7, 11) is 0. The smallest absolute Gasteiger partial charge is 0.306 e. The Morgan fingerprint density at radius 2 is 1.85 bits per heavy atom. The molecule has 1 N–H and O–H groups in total. The number of benzene rings is 1. The second-order valence-corrected chi connectivity index (χ2v) is 6.30. The SMILES string of the molecule is CCc1ccc(C(=O)COC(=O)CCc2c(C)[nH]c(=O)c(C#N)c2C)cc1. The van der Waals surface area contributed by atoms with Gasteiger partial charge in [0.1, 0.15) is 11.6 Å². The monoisotopic (exact) mass is 366 g/mol. The van der Waals surface area contributed by atoms with Crippen molar-refractivity contribution in [3.8, 4) is 6.07 Å². The van der Waals surface area contributed by atoms with Crippen LogP contribution in [0.25, 0.3) is 0 Å². The van der Waals surface area contributed by atoms with Crippen molar-refractivity contribution in [3.63, 3.8) is 0 Å². The highest BCUT2D eigenvalue weighted by atomic mass is 16.5. The fraction of sp³-hybridized carbons (Fsp3) is 0.333. The maximum atomic E-state index is 12.1. The first-order valence-corrected chi connectivity index (χ1v) is 8.77. The molecule has 0 fully saturated rings. The molecule has 0 saturated heterocycles. The quantitative estimate of drug-likeness (QED) is 0.600. The number of nitrogens with one attached hydrogen (secondary N) is 1. The number of nitrogens with zero attached hydrogens (tertiary/aromatic N) is 1. The van der Waals surface area contributed by atoms with Crippen molar-refractivity contribution in [2.24, 2.45) is 0 Å². The van der Waals surface area contributed by atoms with Crippen LogP contribution in [-0.2, 0) is 22.4 Å². The number of ether oxygens (including phenoxy) is 1. The lowest BCUT2D eigenvalue weighted by Crippen LogP contribution is -2.18. The molecule has 27 heavy (non-hydrogen) atoms. The maximum Gasteiger partial charge on any atom is 0.306 e. The molecule has 2 aromatic rings. The van der Waals surface area contributed by atoms with Gasteiger partial charge >= 0.3 is 5.97 Å². The number of ketones is 1. The van der Waals surface area contributed by atoms with E-state index in [1.807, 2.05) is 25.1 Å². The molecule has 1 aromatic heterocycles. The molecule has 2 rings (SSSR count). The van der Waals surface area contributed by atoms with Gasteiger partial charge in [-0.15, -0.1) is 0 Å². The van der Waals surface area contributed by atoms with Crippen molar-refractivity contribution in [2.75, 3.05) is 6.61 Å². The number of carbonyl (C=O) groups excluding carboxylic acids is 2. The first kappa shape index (κ1) is 20.1. The van der Waals surface area contributed by atoms with Crippen LogP contribution >= 0.6 is 0 Å². The number of pyridine rings is 1. The van der Waals surface area contributed by atoms with E-state index in [0.29, 0.717) is 23.2 Å². The van der Waals surface area contributed by atoms with Crippen molar-refractivity contribution in [1.29, 1.82) is 5.26 Å². The molecule has 1 heterocycles. The van der Waals surface area contributed by atoms with E-state index in [0.717, 1.165) is 17.5 Å². The number of esters is 1. The highest BCUT2D eigenvalue weighted by molar-refractivity contribution is 5.97. The van der Waals surface area contributed by atoms with E-state index in [-0.39, 0.29) is 24.4 Å². The zero-order chi connectivity index (χ0) is 20.0. The zero-order valence-corrected chi connectivity index (χ0v) is 15.7. The fourth-order valence-electron chi connectivity index (χ4n) is 2.88. The van der Waals surface area contributed by atoms with Crippen molar-refractivity contribution in [1.82, 2.24) is 4.98 Å². The standard InChI is InChI=1S/C21H22N2O4/c1-4-15-5-7-16(8-6-15)19(24)12-27-20(25)10-9-17-13(2)18(11-22)21(26)23-14(17)3/h5-8H,4,9-10,12H2,1-3H3,(H,23,26). The van der Waals surface area contributed by atoms with Crippen LogP contribution in [0.4, 0.5) is 0 Å². The van der Waals surface area contributed by atoms with Crippen LogP contribution in [-0.4, -0.2) is 23.3 Å². The molecule has 0 unspecified atom stereocenters. The zero-order valence-electron chi connectivity index (χ0n) is 15.7. The van der Waals surface area contributed by atoms with Gasteiger partial charge in [-0.3, -0.25) is 14.4 Å². The van der Waals surface area contributed by atoms with Crippen molar-refractivity contribution in [2.45, 2.75) is 40.0 Å². The van der Waals surface area contributed by atoms with Gasteiger partial charge in [0.2, 0.25) is 0 Å². The molecule has 0 saturated carbocycles. The minimum atomic E-state index is -0.503. The Kier molecular flexibility index (Phi) is 6.67. The second-order valence-electron chi connectivity index (χ2n) is 6.30. The Balaban J connectivity index is 1.94. The maximum absolute atomic E-state index is 12.1. The average Bonchev–Trinajstić information content (AvgIpc) is 2.66. The predicted octanol–water partition coefficient (Wildman–Crippen LogP) is 2.78. The Morgan fingerprint density at radius 3 is 2.44 bits per heavy atom. The van der Waals surface area contributed by atoms with Gasteiger partial charge in [-0.1, -0.05) is 31.2 Å². The number of hydrogen-bond donors (Lipinski definition) is 1. The van der Waals surface area contributed by atoms with E-state index < -0.39 is 11.5 Å². The number of rotatable bonds is 7. The number of carbonyl (C=O) groups is 2. The van der Waals surface area contributed by atoms with Gasteiger partial charge < -0.3 is 9.72 Å². The molecule has 0 aliphatic carbocycles. The molecule has 140 valence electrons. The van der Waals surface area contributed by atoms with Crippen molar-refractivity contribution >= 4 is 11.8 Å². The van der Waals surface area contributed by atoms with Crippen LogP contribution in [0, 0.1) is 25.2 Å². The number of aromatic nitrogens is 1. The minimum absolute atomic E-state index is 0.0506. The highest BCUT2D eigenvalue weighted by Gasteiger charge is 2.15. The summed E-state index contributed by atoms with van der Waals surface area (Å²) in [6.07, 6.45) is 1.27. The van der Waals surface area contributed by atoms with Gasteiger partial charge in [-0.05, 0) is 43.4 Å². The summed E-state index contributed by atoms with van der Waals surface area (Å²) in [4.78, 5) is 38.4. The molecule has 0 spiro atoms. The molecule has 1 aromatic carbocycles. The van der Waals surface area contributed by atoms with Crippen LogP contribution in [0.15, 0.2) is 29.1 Å². The van der Waals surface area contributed by atoms with Gasteiger partial charge in [0.05, 0.1) is 0 Å². The topological polar surface area (TPSA) is 100 Å². The van der Waals surface area contributed by atoms with E-state index in [1.54, 1.807) is 26.0 Å². The lowest BCUT2D eigenvalue weighted by Gasteiger charge is -2.10. The van der Waals surface area contributed by atoms with E-state index >= 15 is 0 Å². The van der Waals surface area contributed by atoms with Gasteiger partial charge in [0.15, 0.2) is 12.4 Å². The van der Waals surface area contributed by atoms with Crippen molar-refractivity contribution in [3.05, 3.63) is 68.1 Å². The summed E-state index contributed by atoms with van der Waals surface area (Å²) in [5, 5.41) is 9.08. The first-order valence-electron chi connectivity index (χ1n) is 8.77. The Hall–Kier alpha value is -3.20. The van der Waals surface area contributed by atoms with Gasteiger partial charge in [-0.25, -0.2) is 0 Å². The first-order chi connectivity index (χ1) is 12.9. The van der Waals surface area contributed by atoms with Gasteiger partial charge in [0.25, 0.3) is 5.56 Å². The van der Waals surface area contributed by atoms with Crippen LogP contribution in [0.3, 0.4) is 0 Å². The van der Waals surface area contributed by atoms with Crippen molar-refractivity contribution < 1.29 is 14.3 Å². The Bertz CT molecular complexity index is 950. The summed E-state index contributed by atoms with van der Waals surface area (Å²) in [5.41, 5.74) is 3.19. The van der Waals surface area contributed by atoms with E-state index in [9.17, 15) is 14.4 Å². The van der Waals surface area contributed by atoms with Gasteiger partial charge in [-0.2, -0.15) is 5.26 Å². The van der Waals surface area contributed by atoms with E-state index in [2.05, 4.69) is 4.98 Å². The molecular weight excluding hydrogens is 344 g/mol. The number of H-pyrrole nitrogens is 1. The van der Waals surface area contributed by atoms with Crippen LogP contribution in [0.2, 0.25) is 0 Å².